The molecule has 174 valence electrons. The van der Waals surface area contributed by atoms with Gasteiger partial charge in [0.25, 0.3) is 5.92 Å². The lowest BCUT2D eigenvalue weighted by molar-refractivity contribution is -0.0583. The van der Waals surface area contributed by atoms with Crippen molar-refractivity contribution in [3.05, 3.63) is 70.8 Å². The summed E-state index contributed by atoms with van der Waals surface area (Å²) >= 11 is 0. The molecule has 0 aliphatic carbocycles. The quantitative estimate of drug-likeness (QED) is 0.525. The van der Waals surface area contributed by atoms with Crippen molar-refractivity contribution in [2.24, 2.45) is 0 Å². The number of benzene rings is 2. The molecular weight excluding hydrogens is 429 g/mol. The highest BCUT2D eigenvalue weighted by Gasteiger charge is 2.38. The average Bonchev–Trinajstić information content (AvgIpc) is 2.94. The molecule has 2 N–H and O–H groups in total. The molecule has 3 aromatic rings. The number of nitrogens with zero attached hydrogens (tertiary/aromatic N) is 3. The maximum Gasteiger partial charge on any atom is 0.298 e. The molecule has 0 bridgehead atoms. The van der Waals surface area contributed by atoms with E-state index in [4.69, 9.17) is 5.11 Å². The van der Waals surface area contributed by atoms with Gasteiger partial charge in [0, 0.05) is 40.2 Å². The van der Waals surface area contributed by atoms with Crippen molar-refractivity contribution in [3.63, 3.8) is 0 Å². The van der Waals surface area contributed by atoms with Crippen LogP contribution in [0.4, 0.5) is 24.7 Å². The van der Waals surface area contributed by atoms with Crippen molar-refractivity contribution in [2.75, 3.05) is 23.9 Å². The molecule has 0 amide bonds. The van der Waals surface area contributed by atoms with Crippen molar-refractivity contribution in [3.8, 4) is 0 Å². The molecule has 1 aromatic heterocycles. The summed E-state index contributed by atoms with van der Waals surface area (Å²) in [6, 6.07) is 7.18. The van der Waals surface area contributed by atoms with Crippen molar-refractivity contribution in [1.82, 2.24) is 10.2 Å². The predicted molar refractivity (Wildman–Crippen MR) is 124 cm³/mol. The van der Waals surface area contributed by atoms with Crippen LogP contribution in [0.25, 0.3) is 10.8 Å². The number of rotatable bonds is 5. The van der Waals surface area contributed by atoms with Gasteiger partial charge in [-0.25, -0.2) is 4.39 Å². The molecule has 0 saturated heterocycles. The van der Waals surface area contributed by atoms with Crippen LogP contribution in [0.15, 0.2) is 42.6 Å². The van der Waals surface area contributed by atoms with E-state index in [-0.39, 0.29) is 11.0 Å². The SMILES string of the molecule is C=C1N(C)c2cc3c(N[C@H](C)c4cccc(C(F)(F)CO)c4F)nnc(C)c3cc2C1(C)C. The summed E-state index contributed by atoms with van der Waals surface area (Å²) in [4.78, 5) is 2.04. The summed E-state index contributed by atoms with van der Waals surface area (Å²) in [5.74, 6) is -4.30. The van der Waals surface area contributed by atoms with E-state index in [0.717, 1.165) is 39.5 Å². The Morgan fingerprint density at radius 3 is 2.58 bits per heavy atom. The lowest BCUT2D eigenvalue weighted by Crippen LogP contribution is -2.22. The second kappa shape index (κ2) is 7.73. The van der Waals surface area contributed by atoms with E-state index in [2.05, 4.69) is 42.0 Å². The Kier molecular flexibility index (Phi) is 5.40. The summed E-state index contributed by atoms with van der Waals surface area (Å²) in [6.07, 6.45) is 0. The predicted octanol–water partition coefficient (Wildman–Crippen LogP) is 5.58. The number of hydrogen-bond donors (Lipinski definition) is 2. The lowest BCUT2D eigenvalue weighted by atomic mass is 9.83. The Labute approximate surface area is 190 Å². The smallest absolute Gasteiger partial charge is 0.298 e. The molecule has 0 radical (unpaired) electrons. The van der Waals surface area contributed by atoms with Gasteiger partial charge in [0.15, 0.2) is 5.82 Å². The Bertz CT molecular complexity index is 1270. The molecule has 8 heteroatoms. The van der Waals surface area contributed by atoms with Crippen molar-refractivity contribution >= 4 is 22.3 Å². The number of aryl methyl sites for hydroxylation is 1. The zero-order chi connectivity index (χ0) is 24.3. The van der Waals surface area contributed by atoms with Crippen molar-refractivity contribution in [1.29, 1.82) is 0 Å². The van der Waals surface area contributed by atoms with E-state index >= 15 is 0 Å². The van der Waals surface area contributed by atoms with Gasteiger partial charge in [0.2, 0.25) is 0 Å². The van der Waals surface area contributed by atoms with Crippen LogP contribution >= 0.6 is 0 Å². The Hall–Kier alpha value is -3.13. The van der Waals surface area contributed by atoms with Gasteiger partial charge in [-0.3, -0.25) is 0 Å². The molecule has 5 nitrogen and oxygen atoms in total. The molecule has 0 spiro atoms. The number of fused-ring (bicyclic) bond motifs is 2. The number of alkyl halides is 2. The monoisotopic (exact) mass is 456 g/mol. The van der Waals surface area contributed by atoms with Crippen LogP contribution < -0.4 is 10.2 Å². The summed E-state index contributed by atoms with van der Waals surface area (Å²) < 4.78 is 42.9. The van der Waals surface area contributed by atoms with E-state index in [1.54, 1.807) is 6.92 Å². The Morgan fingerprint density at radius 2 is 1.91 bits per heavy atom. The molecule has 1 aliphatic heterocycles. The first-order valence-corrected chi connectivity index (χ1v) is 10.7. The fraction of sp³-hybridized carbons (Fsp3) is 0.360. The van der Waals surface area contributed by atoms with Crippen LogP contribution in [-0.4, -0.2) is 29.0 Å². The first-order valence-electron chi connectivity index (χ1n) is 10.7. The van der Waals surface area contributed by atoms with Gasteiger partial charge in [-0.05, 0) is 37.6 Å². The number of anilines is 2. The fourth-order valence-corrected chi connectivity index (χ4v) is 4.46. The molecule has 4 rings (SSSR count). The first kappa shape index (κ1) is 23.0. The van der Waals surface area contributed by atoms with Gasteiger partial charge in [0.05, 0.1) is 17.3 Å². The van der Waals surface area contributed by atoms with E-state index in [1.807, 2.05) is 24.9 Å². The van der Waals surface area contributed by atoms with Crippen LogP contribution in [0.1, 0.15) is 49.2 Å². The highest BCUT2D eigenvalue weighted by Crippen LogP contribution is 2.48. The minimum atomic E-state index is -3.67. The maximum absolute atomic E-state index is 15.0. The molecule has 1 aliphatic rings. The number of nitrogens with one attached hydrogen (secondary N) is 1. The highest BCUT2D eigenvalue weighted by atomic mass is 19.3. The number of likely N-dealkylation sites (N-methyl/N-ethyl adjacent to an activating group) is 1. The molecule has 0 unspecified atom stereocenters. The van der Waals surface area contributed by atoms with Crippen LogP contribution in [0.3, 0.4) is 0 Å². The normalized spacial score (nSPS) is 16.3. The molecule has 0 fully saturated rings. The highest BCUT2D eigenvalue weighted by molar-refractivity contribution is 5.98. The van der Waals surface area contributed by atoms with Gasteiger partial charge in [0.1, 0.15) is 12.4 Å². The van der Waals surface area contributed by atoms with Gasteiger partial charge < -0.3 is 15.3 Å². The molecule has 1 atom stereocenters. The number of aromatic nitrogens is 2. The zero-order valence-corrected chi connectivity index (χ0v) is 19.3. The number of aliphatic hydroxyl groups is 1. The van der Waals surface area contributed by atoms with E-state index in [1.165, 1.54) is 12.1 Å². The number of hydrogen-bond acceptors (Lipinski definition) is 5. The molecular formula is C25H27F3N4O. The minimum Gasteiger partial charge on any atom is -0.390 e. The average molecular weight is 457 g/mol. The van der Waals surface area contributed by atoms with E-state index in [0.29, 0.717) is 5.82 Å². The molecule has 33 heavy (non-hydrogen) atoms. The third kappa shape index (κ3) is 3.53. The Balaban J connectivity index is 1.79. The first-order chi connectivity index (χ1) is 15.4. The van der Waals surface area contributed by atoms with E-state index < -0.39 is 30.0 Å². The van der Waals surface area contributed by atoms with E-state index in [9.17, 15) is 13.2 Å². The summed E-state index contributed by atoms with van der Waals surface area (Å²) in [7, 11) is 1.96. The molecule has 2 aromatic carbocycles. The largest absolute Gasteiger partial charge is 0.390 e. The summed E-state index contributed by atoms with van der Waals surface area (Å²) in [6.45, 7) is 10.5. The number of allylic oxidation sites excluding steroid dienone is 1. The summed E-state index contributed by atoms with van der Waals surface area (Å²) in [5.41, 5.74) is 2.81. The minimum absolute atomic E-state index is 0.0453. The maximum atomic E-state index is 15.0. The van der Waals surface area contributed by atoms with Gasteiger partial charge >= 0.3 is 0 Å². The lowest BCUT2D eigenvalue weighted by Gasteiger charge is -2.22. The van der Waals surface area contributed by atoms with Gasteiger partial charge in [-0.15, -0.1) is 5.10 Å². The molecule has 2 heterocycles. The van der Waals surface area contributed by atoms with Crippen molar-refractivity contribution in [2.45, 2.75) is 45.1 Å². The third-order valence-corrected chi connectivity index (χ3v) is 6.68. The number of aliphatic hydroxyl groups excluding tert-OH is 1. The third-order valence-electron chi connectivity index (χ3n) is 6.68. The van der Waals surface area contributed by atoms with Crippen LogP contribution in [0.2, 0.25) is 0 Å². The number of halogens is 3. The van der Waals surface area contributed by atoms with Gasteiger partial charge in [-0.2, -0.15) is 13.9 Å². The van der Waals surface area contributed by atoms with Crippen LogP contribution in [0, 0.1) is 12.7 Å². The van der Waals surface area contributed by atoms with Gasteiger partial charge in [-0.1, -0.05) is 32.6 Å². The van der Waals surface area contributed by atoms with Crippen molar-refractivity contribution < 1.29 is 18.3 Å². The topological polar surface area (TPSA) is 61.3 Å². The van der Waals surface area contributed by atoms with Crippen LogP contribution in [-0.2, 0) is 11.3 Å². The second-order valence-electron chi connectivity index (χ2n) is 9.12. The Morgan fingerprint density at radius 1 is 1.21 bits per heavy atom. The molecule has 0 saturated carbocycles. The fourth-order valence-electron chi connectivity index (χ4n) is 4.46. The zero-order valence-electron chi connectivity index (χ0n) is 19.3. The standard InChI is InChI=1S/C25H27F3N4O/c1-13(16-8-7-9-19(22(16)26)25(27,28)12-33)29-23-18-11-21-20(10-17(18)14(2)30-31-23)24(4,5)15(3)32(21)6/h7-11,13,33H,3,12H2,1-2,4-6H3,(H,29,31)/t13-/m1/s1. The summed E-state index contributed by atoms with van der Waals surface area (Å²) in [5, 5.41) is 22.4. The van der Waals surface area contributed by atoms with Crippen LogP contribution in [0.5, 0.6) is 0 Å². The second-order valence-corrected chi connectivity index (χ2v) is 9.12.